The third-order valence-electron chi connectivity index (χ3n) is 2.43. The molecule has 0 aromatic carbocycles. The summed E-state index contributed by atoms with van der Waals surface area (Å²) in [6, 6.07) is 0. The van der Waals surface area contributed by atoms with E-state index in [0.29, 0.717) is 17.5 Å². The molecule has 0 spiro atoms. The molecule has 2 rings (SSSR count). The number of rotatable bonds is 3. The van der Waals surface area contributed by atoms with E-state index in [1.807, 2.05) is 0 Å². The van der Waals surface area contributed by atoms with Crippen LogP contribution in [0.25, 0.3) is 0 Å². The van der Waals surface area contributed by atoms with Gasteiger partial charge in [0.05, 0.1) is 12.7 Å². The van der Waals surface area contributed by atoms with Crippen molar-refractivity contribution in [1.29, 1.82) is 0 Å². The Morgan fingerprint density at radius 3 is 3.07 bits per heavy atom. The van der Waals surface area contributed by atoms with Crippen molar-refractivity contribution in [2.45, 2.75) is 25.6 Å². The molecule has 0 aliphatic carbocycles. The molecule has 1 fully saturated rings. The molecule has 15 heavy (non-hydrogen) atoms. The Morgan fingerprint density at radius 2 is 2.33 bits per heavy atom. The van der Waals surface area contributed by atoms with Gasteiger partial charge in [0.15, 0.2) is 5.15 Å². The van der Waals surface area contributed by atoms with Crippen LogP contribution < -0.4 is 5.32 Å². The SMILES string of the molecule is Clc1nccnc1CO[C@@H]1CCCNC1. The molecule has 1 aromatic rings. The molecule has 1 N–H and O–H groups in total. The summed E-state index contributed by atoms with van der Waals surface area (Å²) in [5.41, 5.74) is 0.713. The minimum Gasteiger partial charge on any atom is -0.370 e. The van der Waals surface area contributed by atoms with E-state index in [0.717, 1.165) is 19.5 Å². The first-order chi connectivity index (χ1) is 7.36. The van der Waals surface area contributed by atoms with Crippen LogP contribution in [0, 0.1) is 0 Å². The van der Waals surface area contributed by atoms with Crippen molar-refractivity contribution in [1.82, 2.24) is 15.3 Å². The lowest BCUT2D eigenvalue weighted by Gasteiger charge is -2.22. The normalized spacial score (nSPS) is 21.5. The fourth-order valence-electron chi connectivity index (χ4n) is 1.61. The molecule has 1 aliphatic heterocycles. The lowest BCUT2D eigenvalue weighted by Crippen LogP contribution is -2.35. The predicted molar refractivity (Wildman–Crippen MR) is 57.7 cm³/mol. The summed E-state index contributed by atoms with van der Waals surface area (Å²) in [5.74, 6) is 0. The number of aromatic nitrogens is 2. The van der Waals surface area contributed by atoms with Gasteiger partial charge in [-0.1, -0.05) is 11.6 Å². The van der Waals surface area contributed by atoms with Gasteiger partial charge in [-0.05, 0) is 19.4 Å². The number of piperidine rings is 1. The van der Waals surface area contributed by atoms with E-state index in [9.17, 15) is 0 Å². The molecule has 1 aliphatic rings. The highest BCUT2D eigenvalue weighted by molar-refractivity contribution is 6.29. The van der Waals surface area contributed by atoms with E-state index in [1.165, 1.54) is 6.42 Å². The number of halogens is 1. The minimum absolute atomic E-state index is 0.275. The lowest BCUT2D eigenvalue weighted by molar-refractivity contribution is 0.0235. The minimum atomic E-state index is 0.275. The zero-order valence-electron chi connectivity index (χ0n) is 8.45. The first-order valence-corrected chi connectivity index (χ1v) is 5.52. The Balaban J connectivity index is 1.84. The van der Waals surface area contributed by atoms with E-state index in [4.69, 9.17) is 16.3 Å². The molecule has 4 nitrogen and oxygen atoms in total. The predicted octanol–water partition coefficient (Wildman–Crippen LogP) is 1.40. The third-order valence-corrected chi connectivity index (χ3v) is 2.75. The molecule has 1 saturated heterocycles. The van der Waals surface area contributed by atoms with Crippen molar-refractivity contribution in [2.75, 3.05) is 13.1 Å². The molecule has 0 radical (unpaired) electrons. The van der Waals surface area contributed by atoms with Crippen molar-refractivity contribution in [3.05, 3.63) is 23.2 Å². The molecule has 5 heteroatoms. The molecule has 0 saturated carbocycles. The Morgan fingerprint density at radius 1 is 1.47 bits per heavy atom. The second-order valence-corrected chi connectivity index (χ2v) is 3.93. The van der Waals surface area contributed by atoms with Crippen LogP contribution in [-0.2, 0) is 11.3 Å². The second kappa shape index (κ2) is 5.39. The molecule has 0 unspecified atom stereocenters. The fraction of sp³-hybridized carbons (Fsp3) is 0.600. The molecular formula is C10H14ClN3O. The Kier molecular flexibility index (Phi) is 3.88. The van der Waals surface area contributed by atoms with Crippen LogP contribution in [-0.4, -0.2) is 29.2 Å². The van der Waals surface area contributed by atoms with E-state index < -0.39 is 0 Å². The number of ether oxygens (including phenoxy) is 1. The standard InChI is InChI=1S/C10H14ClN3O/c11-10-9(13-4-5-14-10)7-15-8-2-1-3-12-6-8/h4-5,8,12H,1-3,6-7H2/t8-/m1/s1. The van der Waals surface area contributed by atoms with Gasteiger partial charge in [-0.3, -0.25) is 4.98 Å². The van der Waals surface area contributed by atoms with Crippen molar-refractivity contribution in [2.24, 2.45) is 0 Å². The average molecular weight is 228 g/mol. The smallest absolute Gasteiger partial charge is 0.152 e. The zero-order valence-corrected chi connectivity index (χ0v) is 9.20. The number of hydrogen-bond donors (Lipinski definition) is 1. The Bertz CT molecular complexity index is 315. The van der Waals surface area contributed by atoms with Crippen LogP contribution in [0.4, 0.5) is 0 Å². The maximum atomic E-state index is 5.87. The van der Waals surface area contributed by atoms with Gasteiger partial charge in [-0.25, -0.2) is 4.98 Å². The average Bonchev–Trinajstić information content (AvgIpc) is 2.29. The molecule has 1 aromatic heterocycles. The summed E-state index contributed by atoms with van der Waals surface area (Å²) in [6.45, 7) is 2.45. The largest absolute Gasteiger partial charge is 0.370 e. The topological polar surface area (TPSA) is 47.0 Å². The lowest BCUT2D eigenvalue weighted by atomic mass is 10.1. The highest BCUT2D eigenvalue weighted by Gasteiger charge is 2.14. The van der Waals surface area contributed by atoms with Gasteiger partial charge in [0.25, 0.3) is 0 Å². The van der Waals surface area contributed by atoms with Gasteiger partial charge < -0.3 is 10.1 Å². The van der Waals surface area contributed by atoms with E-state index in [1.54, 1.807) is 12.4 Å². The molecule has 82 valence electrons. The highest BCUT2D eigenvalue weighted by atomic mass is 35.5. The van der Waals surface area contributed by atoms with E-state index in [-0.39, 0.29) is 6.10 Å². The summed E-state index contributed by atoms with van der Waals surface area (Å²) in [5, 5.41) is 3.72. The van der Waals surface area contributed by atoms with Crippen LogP contribution in [0.5, 0.6) is 0 Å². The number of hydrogen-bond acceptors (Lipinski definition) is 4. The van der Waals surface area contributed by atoms with Crippen LogP contribution in [0.2, 0.25) is 5.15 Å². The zero-order chi connectivity index (χ0) is 10.5. The quantitative estimate of drug-likeness (QED) is 0.848. The van der Waals surface area contributed by atoms with Gasteiger partial charge in [0, 0.05) is 18.9 Å². The molecule has 0 bridgehead atoms. The maximum Gasteiger partial charge on any atom is 0.152 e. The van der Waals surface area contributed by atoms with Crippen molar-refractivity contribution in [3.8, 4) is 0 Å². The van der Waals surface area contributed by atoms with Crippen LogP contribution >= 0.6 is 11.6 Å². The van der Waals surface area contributed by atoms with Gasteiger partial charge in [-0.2, -0.15) is 0 Å². The van der Waals surface area contributed by atoms with Gasteiger partial charge in [-0.15, -0.1) is 0 Å². The van der Waals surface area contributed by atoms with Crippen LogP contribution in [0.3, 0.4) is 0 Å². The summed E-state index contributed by atoms with van der Waals surface area (Å²) in [4.78, 5) is 8.07. The van der Waals surface area contributed by atoms with E-state index >= 15 is 0 Å². The monoisotopic (exact) mass is 227 g/mol. The van der Waals surface area contributed by atoms with Crippen molar-refractivity contribution in [3.63, 3.8) is 0 Å². The molecular weight excluding hydrogens is 214 g/mol. The first kappa shape index (κ1) is 10.8. The summed E-state index contributed by atoms with van der Waals surface area (Å²) in [7, 11) is 0. The second-order valence-electron chi connectivity index (χ2n) is 3.57. The Hall–Kier alpha value is -0.710. The summed E-state index contributed by atoms with van der Waals surface area (Å²) in [6.07, 6.45) is 5.75. The summed E-state index contributed by atoms with van der Waals surface area (Å²) >= 11 is 5.87. The Labute approximate surface area is 94.0 Å². The highest BCUT2D eigenvalue weighted by Crippen LogP contribution is 2.13. The van der Waals surface area contributed by atoms with Crippen molar-refractivity contribution >= 4 is 11.6 Å². The van der Waals surface area contributed by atoms with E-state index in [2.05, 4.69) is 15.3 Å². The number of nitrogens with one attached hydrogen (secondary N) is 1. The summed E-state index contributed by atoms with van der Waals surface area (Å²) < 4.78 is 5.70. The van der Waals surface area contributed by atoms with Gasteiger partial charge in [0.1, 0.15) is 5.69 Å². The fourth-order valence-corrected chi connectivity index (χ4v) is 1.77. The van der Waals surface area contributed by atoms with Crippen LogP contribution in [0.1, 0.15) is 18.5 Å². The maximum absolute atomic E-state index is 5.87. The van der Waals surface area contributed by atoms with Crippen LogP contribution in [0.15, 0.2) is 12.4 Å². The molecule has 2 heterocycles. The third kappa shape index (κ3) is 3.12. The molecule has 0 amide bonds. The van der Waals surface area contributed by atoms with Crippen molar-refractivity contribution < 1.29 is 4.74 Å². The van der Waals surface area contributed by atoms with Gasteiger partial charge >= 0.3 is 0 Å². The first-order valence-electron chi connectivity index (χ1n) is 5.14. The molecule has 1 atom stereocenters. The van der Waals surface area contributed by atoms with Gasteiger partial charge in [0.2, 0.25) is 0 Å². The number of nitrogens with zero attached hydrogens (tertiary/aromatic N) is 2.